The molecule has 1 aromatic heterocycles. The predicted octanol–water partition coefficient (Wildman–Crippen LogP) is 5.37. The number of carbonyl (C=O) groups is 1. The SMILES string of the molecule is Cc1ccc(-c2nc(C(=O)Nc3cccc([N+](=O)[O-])c3)nn2-c2cccc(Cl)c2C)cc1. The molecule has 0 bridgehead atoms. The monoisotopic (exact) mass is 447 g/mol. The summed E-state index contributed by atoms with van der Waals surface area (Å²) < 4.78 is 1.58. The van der Waals surface area contributed by atoms with Gasteiger partial charge in [-0.05, 0) is 37.6 Å². The maximum atomic E-state index is 12.9. The van der Waals surface area contributed by atoms with Gasteiger partial charge < -0.3 is 5.32 Å². The van der Waals surface area contributed by atoms with E-state index in [0.29, 0.717) is 16.5 Å². The van der Waals surface area contributed by atoms with Crippen molar-refractivity contribution in [2.45, 2.75) is 13.8 Å². The first-order chi connectivity index (χ1) is 15.3. The lowest BCUT2D eigenvalue weighted by molar-refractivity contribution is -0.384. The zero-order valence-electron chi connectivity index (χ0n) is 17.2. The van der Waals surface area contributed by atoms with E-state index >= 15 is 0 Å². The maximum Gasteiger partial charge on any atom is 0.295 e. The van der Waals surface area contributed by atoms with Crippen LogP contribution < -0.4 is 5.32 Å². The average Bonchev–Trinajstić information content (AvgIpc) is 3.22. The number of nitro groups is 1. The number of rotatable bonds is 5. The van der Waals surface area contributed by atoms with Crippen LogP contribution in [0.15, 0.2) is 66.7 Å². The summed E-state index contributed by atoms with van der Waals surface area (Å²) in [5.74, 6) is -0.191. The number of nitrogens with one attached hydrogen (secondary N) is 1. The molecule has 0 atom stereocenters. The summed E-state index contributed by atoms with van der Waals surface area (Å²) >= 11 is 6.30. The van der Waals surface area contributed by atoms with Crippen molar-refractivity contribution < 1.29 is 9.72 Å². The second-order valence-electron chi connectivity index (χ2n) is 7.18. The van der Waals surface area contributed by atoms with Crippen LogP contribution in [0, 0.1) is 24.0 Å². The molecule has 0 saturated heterocycles. The van der Waals surface area contributed by atoms with Crippen molar-refractivity contribution in [2.75, 3.05) is 5.32 Å². The second-order valence-corrected chi connectivity index (χ2v) is 7.59. The van der Waals surface area contributed by atoms with Crippen LogP contribution in [0.4, 0.5) is 11.4 Å². The van der Waals surface area contributed by atoms with E-state index < -0.39 is 10.8 Å². The van der Waals surface area contributed by atoms with Gasteiger partial charge >= 0.3 is 0 Å². The lowest BCUT2D eigenvalue weighted by Crippen LogP contribution is -2.14. The molecule has 0 unspecified atom stereocenters. The van der Waals surface area contributed by atoms with Gasteiger partial charge in [0, 0.05) is 28.4 Å². The maximum absolute atomic E-state index is 12.9. The first-order valence-electron chi connectivity index (χ1n) is 9.69. The van der Waals surface area contributed by atoms with Crippen molar-refractivity contribution in [3.63, 3.8) is 0 Å². The number of benzene rings is 3. The molecule has 3 aromatic carbocycles. The van der Waals surface area contributed by atoms with Crippen LogP contribution in [0.25, 0.3) is 17.1 Å². The minimum Gasteiger partial charge on any atom is -0.319 e. The van der Waals surface area contributed by atoms with E-state index in [1.54, 1.807) is 22.9 Å². The van der Waals surface area contributed by atoms with Crippen LogP contribution in [0.2, 0.25) is 5.02 Å². The molecule has 1 amide bonds. The molecule has 0 spiro atoms. The van der Waals surface area contributed by atoms with Gasteiger partial charge in [0.15, 0.2) is 5.82 Å². The topological polar surface area (TPSA) is 103 Å². The lowest BCUT2D eigenvalue weighted by Gasteiger charge is -2.10. The molecule has 1 heterocycles. The molecular formula is C23H18ClN5O3. The van der Waals surface area contributed by atoms with Gasteiger partial charge in [-0.15, -0.1) is 5.10 Å². The molecule has 4 aromatic rings. The Kier molecular flexibility index (Phi) is 5.70. The standard InChI is InChI=1S/C23H18ClN5O3/c1-14-9-11-16(12-10-14)22-26-21(27-28(22)20-8-4-7-19(24)15(20)2)23(30)25-17-5-3-6-18(13-17)29(31)32/h3-13H,1-2H3,(H,25,30). The minimum atomic E-state index is -0.586. The number of nitro benzene ring substituents is 1. The van der Waals surface area contributed by atoms with Crippen molar-refractivity contribution in [2.24, 2.45) is 0 Å². The van der Waals surface area contributed by atoms with Gasteiger partial charge in [0.1, 0.15) is 0 Å². The Bertz CT molecular complexity index is 1330. The second kappa shape index (κ2) is 8.60. The van der Waals surface area contributed by atoms with Gasteiger partial charge in [0.05, 0.1) is 10.6 Å². The highest BCUT2D eigenvalue weighted by molar-refractivity contribution is 6.31. The van der Waals surface area contributed by atoms with Gasteiger partial charge in [-0.1, -0.05) is 53.6 Å². The van der Waals surface area contributed by atoms with Gasteiger partial charge in [0.2, 0.25) is 5.82 Å². The van der Waals surface area contributed by atoms with E-state index in [9.17, 15) is 14.9 Å². The van der Waals surface area contributed by atoms with Gasteiger partial charge in [-0.2, -0.15) is 0 Å². The zero-order chi connectivity index (χ0) is 22.8. The zero-order valence-corrected chi connectivity index (χ0v) is 18.0. The molecule has 0 radical (unpaired) electrons. The first kappa shape index (κ1) is 21.2. The Balaban J connectivity index is 1.77. The van der Waals surface area contributed by atoms with Crippen molar-refractivity contribution >= 4 is 28.9 Å². The summed E-state index contributed by atoms with van der Waals surface area (Å²) in [4.78, 5) is 27.8. The Labute approximate surface area is 188 Å². The third kappa shape index (κ3) is 4.21. The molecular weight excluding hydrogens is 430 g/mol. The molecule has 1 N–H and O–H groups in total. The van der Waals surface area contributed by atoms with Crippen LogP contribution in [0.1, 0.15) is 21.7 Å². The Morgan fingerprint density at radius 3 is 2.50 bits per heavy atom. The van der Waals surface area contributed by atoms with Crippen molar-refractivity contribution in [1.82, 2.24) is 14.8 Å². The highest BCUT2D eigenvalue weighted by Crippen LogP contribution is 2.27. The van der Waals surface area contributed by atoms with Crippen LogP contribution in [0.3, 0.4) is 0 Å². The van der Waals surface area contributed by atoms with Crippen molar-refractivity contribution in [3.05, 3.63) is 98.8 Å². The summed E-state index contributed by atoms with van der Waals surface area (Å²) in [5, 5.41) is 18.6. The largest absolute Gasteiger partial charge is 0.319 e. The van der Waals surface area contributed by atoms with Gasteiger partial charge in [-0.25, -0.2) is 9.67 Å². The van der Waals surface area contributed by atoms with E-state index in [1.165, 1.54) is 18.2 Å². The summed E-state index contributed by atoms with van der Waals surface area (Å²) in [6, 6.07) is 18.8. The highest BCUT2D eigenvalue weighted by atomic mass is 35.5. The predicted molar refractivity (Wildman–Crippen MR) is 122 cm³/mol. The molecule has 0 aliphatic rings. The van der Waals surface area contributed by atoms with E-state index in [0.717, 1.165) is 16.7 Å². The summed E-state index contributed by atoms with van der Waals surface area (Å²) in [5.41, 5.74) is 3.49. The Morgan fingerprint density at radius 1 is 1.06 bits per heavy atom. The van der Waals surface area contributed by atoms with E-state index in [4.69, 9.17) is 11.6 Å². The number of hydrogen-bond acceptors (Lipinski definition) is 5. The highest BCUT2D eigenvalue weighted by Gasteiger charge is 2.21. The number of aromatic nitrogens is 3. The molecule has 8 nitrogen and oxygen atoms in total. The van der Waals surface area contributed by atoms with Crippen LogP contribution in [-0.2, 0) is 0 Å². The number of amides is 1. The molecule has 0 aliphatic heterocycles. The number of nitrogens with zero attached hydrogens (tertiary/aromatic N) is 4. The van der Waals surface area contributed by atoms with Crippen LogP contribution >= 0.6 is 11.6 Å². The Hall–Kier alpha value is -4.04. The van der Waals surface area contributed by atoms with E-state index in [2.05, 4.69) is 15.4 Å². The molecule has 0 fully saturated rings. The fourth-order valence-corrected chi connectivity index (χ4v) is 3.35. The summed E-state index contributed by atoms with van der Waals surface area (Å²) in [6.07, 6.45) is 0. The molecule has 32 heavy (non-hydrogen) atoms. The van der Waals surface area contributed by atoms with Gasteiger partial charge in [0.25, 0.3) is 11.6 Å². The van der Waals surface area contributed by atoms with E-state index in [-0.39, 0.29) is 17.2 Å². The molecule has 9 heteroatoms. The smallest absolute Gasteiger partial charge is 0.295 e. The average molecular weight is 448 g/mol. The number of halogens is 1. The summed E-state index contributed by atoms with van der Waals surface area (Å²) in [6.45, 7) is 3.84. The number of hydrogen-bond donors (Lipinski definition) is 1. The van der Waals surface area contributed by atoms with Crippen molar-refractivity contribution in [3.8, 4) is 17.1 Å². The molecule has 4 rings (SSSR count). The number of anilines is 1. The van der Waals surface area contributed by atoms with Crippen LogP contribution in [0.5, 0.6) is 0 Å². The normalized spacial score (nSPS) is 10.7. The minimum absolute atomic E-state index is 0.0774. The quantitative estimate of drug-likeness (QED) is 0.327. The summed E-state index contributed by atoms with van der Waals surface area (Å²) in [7, 11) is 0. The van der Waals surface area contributed by atoms with Crippen LogP contribution in [-0.4, -0.2) is 25.6 Å². The fraction of sp³-hybridized carbons (Fsp3) is 0.0870. The lowest BCUT2D eigenvalue weighted by atomic mass is 10.1. The number of non-ortho nitro benzene ring substituents is 1. The third-order valence-electron chi connectivity index (χ3n) is 4.90. The number of carbonyl (C=O) groups excluding carboxylic acids is 1. The molecule has 160 valence electrons. The Morgan fingerprint density at radius 2 is 1.78 bits per heavy atom. The first-order valence-corrected chi connectivity index (χ1v) is 10.1. The third-order valence-corrected chi connectivity index (χ3v) is 5.31. The molecule has 0 saturated carbocycles. The van der Waals surface area contributed by atoms with Crippen molar-refractivity contribution in [1.29, 1.82) is 0 Å². The number of aryl methyl sites for hydroxylation is 1. The van der Waals surface area contributed by atoms with E-state index in [1.807, 2.05) is 44.2 Å². The molecule has 0 aliphatic carbocycles. The van der Waals surface area contributed by atoms with Gasteiger partial charge in [-0.3, -0.25) is 14.9 Å². The fourth-order valence-electron chi connectivity index (χ4n) is 3.18.